The van der Waals surface area contributed by atoms with E-state index in [4.69, 9.17) is 10.5 Å². The van der Waals surface area contributed by atoms with Crippen LogP contribution in [0.2, 0.25) is 0 Å². The summed E-state index contributed by atoms with van der Waals surface area (Å²) in [4.78, 5) is 17.5. The summed E-state index contributed by atoms with van der Waals surface area (Å²) in [6, 6.07) is 8.26. The molecule has 164 valence electrons. The minimum Gasteiger partial charge on any atom is -0.439 e. The van der Waals surface area contributed by atoms with Crippen molar-refractivity contribution in [2.45, 2.75) is 45.5 Å². The van der Waals surface area contributed by atoms with E-state index in [0.717, 1.165) is 6.07 Å². The van der Waals surface area contributed by atoms with Gasteiger partial charge in [0.25, 0.3) is 5.91 Å². The summed E-state index contributed by atoms with van der Waals surface area (Å²) < 4.78 is 44.3. The molecular formula is C21H26F3N3O3. The number of hydrogen-bond donors (Lipinski definition) is 2. The quantitative estimate of drug-likeness (QED) is 0.774. The number of amides is 1. The molecule has 1 fully saturated rings. The molecule has 2 heterocycles. The fourth-order valence-corrected chi connectivity index (χ4v) is 2.80. The lowest BCUT2D eigenvalue weighted by Gasteiger charge is -2.16. The molecule has 6 nitrogen and oxygen atoms in total. The highest BCUT2D eigenvalue weighted by Gasteiger charge is 2.33. The summed E-state index contributed by atoms with van der Waals surface area (Å²) >= 11 is 0. The van der Waals surface area contributed by atoms with E-state index in [9.17, 15) is 23.1 Å². The highest BCUT2D eigenvalue weighted by Crippen LogP contribution is 2.31. The van der Waals surface area contributed by atoms with E-state index in [0.29, 0.717) is 18.5 Å². The third kappa shape index (κ3) is 6.43. The van der Waals surface area contributed by atoms with Gasteiger partial charge in [-0.1, -0.05) is 26.3 Å². The summed E-state index contributed by atoms with van der Waals surface area (Å²) in [5, 5.41) is 9.56. The molecule has 1 aliphatic rings. The molecule has 3 rings (SSSR count). The van der Waals surface area contributed by atoms with Crippen molar-refractivity contribution in [1.82, 2.24) is 9.88 Å². The molecule has 0 saturated carbocycles. The van der Waals surface area contributed by atoms with Gasteiger partial charge in [0.2, 0.25) is 5.88 Å². The predicted molar refractivity (Wildman–Crippen MR) is 106 cm³/mol. The van der Waals surface area contributed by atoms with Gasteiger partial charge in [-0.25, -0.2) is 4.98 Å². The van der Waals surface area contributed by atoms with Crippen molar-refractivity contribution < 1.29 is 27.8 Å². The van der Waals surface area contributed by atoms with Crippen molar-refractivity contribution in [2.24, 2.45) is 5.73 Å². The minimum atomic E-state index is -4.63. The number of β-amino-alcohol motifs (C(OH)–C–C–N with tert-alkyl or cyclic N) is 1. The summed E-state index contributed by atoms with van der Waals surface area (Å²) in [6.45, 7) is 4.84. The number of carbonyl (C=O) groups is 1. The van der Waals surface area contributed by atoms with Crippen LogP contribution in [0.4, 0.5) is 13.2 Å². The average Bonchev–Trinajstić information content (AvgIpc) is 3.13. The Morgan fingerprint density at radius 2 is 2.00 bits per heavy atom. The largest absolute Gasteiger partial charge is 0.439 e. The third-order valence-corrected chi connectivity index (χ3v) is 4.14. The summed E-state index contributed by atoms with van der Waals surface area (Å²) in [5.41, 5.74) is 4.89. The molecule has 1 atom stereocenters. The van der Waals surface area contributed by atoms with Crippen LogP contribution < -0.4 is 10.5 Å². The molecule has 0 bridgehead atoms. The number of benzene rings is 1. The third-order valence-electron chi connectivity index (χ3n) is 4.14. The first-order valence-corrected chi connectivity index (χ1v) is 9.71. The van der Waals surface area contributed by atoms with Crippen LogP contribution in [0.1, 0.15) is 48.3 Å². The van der Waals surface area contributed by atoms with Crippen LogP contribution in [-0.4, -0.2) is 40.1 Å². The summed E-state index contributed by atoms with van der Waals surface area (Å²) in [5.74, 6) is -0.362. The number of nitrogens with zero attached hydrogens (tertiary/aromatic N) is 2. The van der Waals surface area contributed by atoms with Crippen molar-refractivity contribution in [3.05, 3.63) is 53.2 Å². The molecule has 1 aliphatic heterocycles. The highest BCUT2D eigenvalue weighted by atomic mass is 19.4. The zero-order valence-electron chi connectivity index (χ0n) is 16.9. The van der Waals surface area contributed by atoms with Crippen molar-refractivity contribution in [1.29, 1.82) is 0 Å². The average molecular weight is 425 g/mol. The van der Waals surface area contributed by atoms with Gasteiger partial charge in [0.05, 0.1) is 6.10 Å². The molecule has 2 aromatic rings. The number of rotatable bonds is 4. The van der Waals surface area contributed by atoms with Gasteiger partial charge < -0.3 is 20.5 Å². The first-order valence-electron chi connectivity index (χ1n) is 9.71. The maximum atomic E-state index is 13.0. The van der Waals surface area contributed by atoms with Crippen molar-refractivity contribution >= 4 is 5.91 Å². The Bertz CT molecular complexity index is 859. The Labute approximate surface area is 173 Å². The van der Waals surface area contributed by atoms with E-state index in [-0.39, 0.29) is 36.2 Å². The number of carbonyl (C=O) groups excluding carboxylic acids is 1. The minimum absolute atomic E-state index is 0.0994. The number of hydrogen-bond acceptors (Lipinski definition) is 5. The zero-order valence-corrected chi connectivity index (χ0v) is 16.9. The van der Waals surface area contributed by atoms with Gasteiger partial charge in [0.1, 0.15) is 11.4 Å². The number of aromatic nitrogens is 1. The van der Waals surface area contributed by atoms with E-state index in [1.807, 2.05) is 0 Å². The van der Waals surface area contributed by atoms with E-state index in [1.54, 1.807) is 12.1 Å². The molecule has 9 heteroatoms. The van der Waals surface area contributed by atoms with Crippen molar-refractivity contribution in [2.75, 3.05) is 13.1 Å². The number of ether oxygens (including phenoxy) is 1. The smallest absolute Gasteiger partial charge is 0.433 e. The number of halogens is 3. The molecule has 0 spiro atoms. The van der Waals surface area contributed by atoms with Crippen LogP contribution in [0.25, 0.3) is 0 Å². The zero-order chi connectivity index (χ0) is 22.3. The second-order valence-electron chi connectivity index (χ2n) is 6.93. The standard InChI is InChI=1S/C18H18F3N3O3.C3H8/c19-18(20,21)15-6-11(9-22)7-16(23-15)27-14-3-1-2-12(8-14)17(26)24-5-4-13(25)10-24;1-3-2/h1-3,6-8,13,25H,4-5,9-10,22H2;3H2,1-2H3. The van der Waals surface area contributed by atoms with E-state index >= 15 is 0 Å². The van der Waals surface area contributed by atoms with Crippen LogP contribution in [0.5, 0.6) is 11.6 Å². The van der Waals surface area contributed by atoms with Crippen LogP contribution >= 0.6 is 0 Å². The van der Waals surface area contributed by atoms with Gasteiger partial charge in [-0.05, 0) is 36.2 Å². The number of nitrogens with two attached hydrogens (primary N) is 1. The topological polar surface area (TPSA) is 88.7 Å². The molecule has 1 amide bonds. The Morgan fingerprint density at radius 3 is 2.57 bits per heavy atom. The van der Waals surface area contributed by atoms with E-state index in [2.05, 4.69) is 18.8 Å². The second kappa shape index (κ2) is 10.4. The molecule has 30 heavy (non-hydrogen) atoms. The van der Waals surface area contributed by atoms with Gasteiger partial charge in [0.15, 0.2) is 0 Å². The Kier molecular flexibility index (Phi) is 8.19. The number of pyridine rings is 1. The molecule has 0 radical (unpaired) electrons. The molecule has 1 saturated heterocycles. The molecular weight excluding hydrogens is 399 g/mol. The van der Waals surface area contributed by atoms with Crippen LogP contribution in [-0.2, 0) is 12.7 Å². The first kappa shape index (κ1) is 23.6. The maximum Gasteiger partial charge on any atom is 0.433 e. The monoisotopic (exact) mass is 425 g/mol. The van der Waals surface area contributed by atoms with E-state index < -0.39 is 18.0 Å². The summed E-state index contributed by atoms with van der Waals surface area (Å²) in [7, 11) is 0. The molecule has 0 aliphatic carbocycles. The van der Waals surface area contributed by atoms with Crippen LogP contribution in [0.15, 0.2) is 36.4 Å². The first-order chi connectivity index (χ1) is 14.2. The summed E-state index contributed by atoms with van der Waals surface area (Å²) in [6.07, 6.45) is -3.41. The van der Waals surface area contributed by atoms with Gasteiger partial charge >= 0.3 is 6.18 Å². The second-order valence-corrected chi connectivity index (χ2v) is 6.93. The Hall–Kier alpha value is -2.65. The fraction of sp³-hybridized carbons (Fsp3) is 0.429. The van der Waals surface area contributed by atoms with Gasteiger partial charge in [0, 0.05) is 31.3 Å². The highest BCUT2D eigenvalue weighted by molar-refractivity contribution is 5.94. The van der Waals surface area contributed by atoms with Gasteiger partial charge in [-0.3, -0.25) is 4.79 Å². The Balaban J connectivity index is 0.00000101. The molecule has 1 aromatic carbocycles. The molecule has 3 N–H and O–H groups in total. The number of alkyl halides is 3. The van der Waals surface area contributed by atoms with Gasteiger partial charge in [-0.2, -0.15) is 13.2 Å². The SMILES string of the molecule is CCC.NCc1cc(Oc2cccc(C(=O)N3CCC(O)C3)c2)nc(C(F)(F)F)c1. The molecule has 1 unspecified atom stereocenters. The van der Waals surface area contributed by atoms with Gasteiger partial charge in [-0.15, -0.1) is 0 Å². The lowest BCUT2D eigenvalue weighted by molar-refractivity contribution is -0.141. The number of aliphatic hydroxyl groups excluding tert-OH is 1. The normalized spacial score (nSPS) is 16.1. The maximum absolute atomic E-state index is 13.0. The lowest BCUT2D eigenvalue weighted by Crippen LogP contribution is -2.29. The van der Waals surface area contributed by atoms with Crippen molar-refractivity contribution in [3.63, 3.8) is 0 Å². The molecule has 1 aromatic heterocycles. The van der Waals surface area contributed by atoms with Crippen LogP contribution in [0.3, 0.4) is 0 Å². The number of aliphatic hydroxyl groups is 1. The predicted octanol–water partition coefficient (Wildman–Crippen LogP) is 3.97. The lowest BCUT2D eigenvalue weighted by atomic mass is 10.2. The van der Waals surface area contributed by atoms with Crippen molar-refractivity contribution in [3.8, 4) is 11.6 Å². The van der Waals surface area contributed by atoms with Crippen LogP contribution in [0, 0.1) is 0 Å². The Morgan fingerprint density at radius 1 is 1.30 bits per heavy atom. The van der Waals surface area contributed by atoms with E-state index in [1.165, 1.54) is 29.5 Å². The fourth-order valence-electron chi connectivity index (χ4n) is 2.80. The number of likely N-dealkylation sites (tertiary alicyclic amines) is 1.